The molecule has 7 rings (SSSR count). The van der Waals surface area contributed by atoms with Gasteiger partial charge in [-0.15, -0.1) is 0 Å². The summed E-state index contributed by atoms with van der Waals surface area (Å²) in [6.07, 6.45) is -3.87. The molecular formula is C48H49N2O12P. The van der Waals surface area contributed by atoms with Gasteiger partial charge < -0.3 is 28.2 Å². The van der Waals surface area contributed by atoms with Gasteiger partial charge in [0.05, 0.1) is 38.6 Å². The third-order valence-corrected chi connectivity index (χ3v) is 12.0. The number of phosphoric acid groups is 1. The normalized spacial score (nSPS) is 18.4. The highest BCUT2D eigenvalue weighted by Gasteiger charge is 2.53. The second-order valence-electron chi connectivity index (χ2n) is 14.9. The molecule has 0 bridgehead atoms. The zero-order chi connectivity index (χ0) is 44.6. The Hall–Kier alpha value is -6.28. The highest BCUT2D eigenvalue weighted by Crippen LogP contribution is 2.54. The Labute approximate surface area is 364 Å². The van der Waals surface area contributed by atoms with Gasteiger partial charge in [-0.2, -0.15) is 0 Å². The van der Waals surface area contributed by atoms with Gasteiger partial charge in [0.25, 0.3) is 5.56 Å². The van der Waals surface area contributed by atoms with Crippen LogP contribution in [0.1, 0.15) is 66.0 Å². The number of nitrogens with one attached hydrogen (secondary N) is 1. The van der Waals surface area contributed by atoms with E-state index in [9.17, 15) is 18.9 Å². The first-order valence-corrected chi connectivity index (χ1v) is 21.9. The first-order valence-electron chi connectivity index (χ1n) is 20.4. The van der Waals surface area contributed by atoms with Crippen LogP contribution in [0.3, 0.4) is 0 Å². The molecule has 5 atom stereocenters. The van der Waals surface area contributed by atoms with Crippen molar-refractivity contribution in [3.63, 3.8) is 0 Å². The average molecular weight is 877 g/mol. The molecule has 0 spiro atoms. The Morgan fingerprint density at radius 2 is 1.30 bits per heavy atom. The summed E-state index contributed by atoms with van der Waals surface area (Å²) >= 11 is 0. The highest BCUT2D eigenvalue weighted by molar-refractivity contribution is 7.49. The SMILES string of the molecule is CC[C@H]1O[C@@H](n2ccc(=O)[nH]c2=O)C(OC(=O)c2ccccc2)[C@H]1OP(=O)(Oc1ccc(COC(c2ccccc2)(c2ccc(OC)cc2)c2ccc(OC)cc2)cc1)OC(C)C. The maximum Gasteiger partial charge on any atom is 0.530 e. The molecule has 14 nitrogen and oxygen atoms in total. The minimum atomic E-state index is -4.55. The zero-order valence-corrected chi connectivity index (χ0v) is 36.3. The third-order valence-electron chi connectivity index (χ3n) is 10.4. The second kappa shape index (κ2) is 19.8. The molecule has 6 aromatic rings. The maximum absolute atomic E-state index is 14.7. The summed E-state index contributed by atoms with van der Waals surface area (Å²) in [5.74, 6) is 0.811. The average Bonchev–Trinajstić information content (AvgIpc) is 3.62. The number of esters is 1. The number of phosphoric ester groups is 1. The Balaban J connectivity index is 1.18. The summed E-state index contributed by atoms with van der Waals surface area (Å²) in [5.41, 5.74) is 1.11. The molecule has 15 heteroatoms. The predicted octanol–water partition coefficient (Wildman–Crippen LogP) is 8.59. The summed E-state index contributed by atoms with van der Waals surface area (Å²) in [5, 5.41) is 0. The molecule has 1 aliphatic rings. The molecular weight excluding hydrogens is 828 g/mol. The van der Waals surface area contributed by atoms with Gasteiger partial charge in [0, 0.05) is 12.3 Å². The largest absolute Gasteiger partial charge is 0.530 e. The van der Waals surface area contributed by atoms with Crippen LogP contribution in [0.2, 0.25) is 0 Å². The van der Waals surface area contributed by atoms with Crippen molar-refractivity contribution in [3.05, 3.63) is 194 Å². The van der Waals surface area contributed by atoms with Crippen LogP contribution in [0.25, 0.3) is 0 Å². The summed E-state index contributed by atoms with van der Waals surface area (Å²) in [7, 11) is -1.31. The highest BCUT2D eigenvalue weighted by atomic mass is 31.2. The number of H-pyrrole nitrogens is 1. The number of rotatable bonds is 18. The van der Waals surface area contributed by atoms with Crippen molar-refractivity contribution in [1.82, 2.24) is 9.55 Å². The molecule has 1 N–H and O–H groups in total. The minimum Gasteiger partial charge on any atom is -0.497 e. The van der Waals surface area contributed by atoms with Crippen LogP contribution in [0.5, 0.6) is 17.2 Å². The first kappa shape index (κ1) is 44.8. The summed E-state index contributed by atoms with van der Waals surface area (Å²) < 4.78 is 64.3. The van der Waals surface area contributed by atoms with Crippen LogP contribution in [0, 0.1) is 0 Å². The zero-order valence-electron chi connectivity index (χ0n) is 35.5. The number of nitrogens with zero attached hydrogens (tertiary/aromatic N) is 1. The van der Waals surface area contributed by atoms with E-state index in [1.165, 1.54) is 6.20 Å². The lowest BCUT2D eigenvalue weighted by atomic mass is 9.80. The molecule has 0 amide bonds. The topological polar surface area (TPSA) is 163 Å². The van der Waals surface area contributed by atoms with E-state index >= 15 is 0 Å². The van der Waals surface area contributed by atoms with Crippen molar-refractivity contribution in [1.29, 1.82) is 0 Å². The lowest BCUT2D eigenvalue weighted by Crippen LogP contribution is -2.41. The smallest absolute Gasteiger partial charge is 0.497 e. The van der Waals surface area contributed by atoms with Crippen LogP contribution >= 0.6 is 7.82 Å². The number of ether oxygens (including phenoxy) is 5. The molecule has 5 aromatic carbocycles. The molecule has 0 aliphatic carbocycles. The molecule has 1 aliphatic heterocycles. The number of carbonyl (C=O) groups excluding carboxylic acids is 1. The molecule has 328 valence electrons. The minimum absolute atomic E-state index is 0.140. The van der Waals surface area contributed by atoms with Gasteiger partial charge in [-0.25, -0.2) is 14.2 Å². The lowest BCUT2D eigenvalue weighted by molar-refractivity contribution is -0.0519. The quantitative estimate of drug-likeness (QED) is 0.0498. The number of carbonyl (C=O) groups is 1. The van der Waals surface area contributed by atoms with E-state index in [0.717, 1.165) is 32.9 Å². The number of aromatic nitrogens is 2. The molecule has 2 unspecified atom stereocenters. The maximum atomic E-state index is 14.7. The number of aromatic amines is 1. The number of methoxy groups -OCH3 is 2. The number of hydrogen-bond donors (Lipinski definition) is 1. The molecule has 1 saturated heterocycles. The van der Waals surface area contributed by atoms with E-state index in [1.807, 2.05) is 78.9 Å². The van der Waals surface area contributed by atoms with Gasteiger partial charge in [-0.1, -0.05) is 91.9 Å². The molecule has 1 aromatic heterocycles. The Morgan fingerprint density at radius 3 is 1.84 bits per heavy atom. The van der Waals surface area contributed by atoms with Crippen molar-refractivity contribution in [2.45, 2.75) is 70.0 Å². The van der Waals surface area contributed by atoms with E-state index in [-0.39, 0.29) is 24.3 Å². The molecule has 2 heterocycles. The fraction of sp³-hybridized carbons (Fsp3) is 0.271. The summed E-state index contributed by atoms with van der Waals surface area (Å²) in [6, 6.07) is 41.6. The summed E-state index contributed by atoms with van der Waals surface area (Å²) in [6.45, 7) is 5.27. The third kappa shape index (κ3) is 10.2. The summed E-state index contributed by atoms with van der Waals surface area (Å²) in [4.78, 5) is 40.7. The standard InChI is InChI=1S/C48H49N2O12P/c1-6-41-43(44(59-46(52)34-13-9-7-10-14-34)45(58-41)50-30-29-42(51)49-47(50)53)62-63(54,60-32(2)3)61-40-23-17-33(18-24-40)31-57-48(35-15-11-8-12-16-35,36-19-25-38(55-4)26-20-36)37-21-27-39(56-5)28-22-37/h7-30,32,41,43-45H,6,31H2,1-5H3,(H,49,51,53)/t41-,43+,44?,45-,63?/m1/s1. The Kier molecular flexibility index (Phi) is 14.1. The van der Waals surface area contributed by atoms with Crippen molar-refractivity contribution < 1.29 is 46.6 Å². The van der Waals surface area contributed by atoms with Crippen LogP contribution in [-0.2, 0) is 40.0 Å². The van der Waals surface area contributed by atoms with E-state index in [0.29, 0.717) is 11.5 Å². The van der Waals surface area contributed by atoms with E-state index < -0.39 is 61.3 Å². The molecule has 63 heavy (non-hydrogen) atoms. The van der Waals surface area contributed by atoms with Crippen molar-refractivity contribution in [2.75, 3.05) is 14.2 Å². The van der Waals surface area contributed by atoms with Crippen LogP contribution in [-0.4, -0.2) is 54.2 Å². The van der Waals surface area contributed by atoms with Gasteiger partial charge in [0.1, 0.15) is 29.0 Å². The number of hydrogen-bond acceptors (Lipinski definition) is 12. The molecule has 0 saturated carbocycles. The van der Waals surface area contributed by atoms with Crippen LogP contribution < -0.4 is 25.2 Å². The van der Waals surface area contributed by atoms with Gasteiger partial charge in [0.2, 0.25) is 0 Å². The van der Waals surface area contributed by atoms with E-state index in [2.05, 4.69) is 4.98 Å². The molecule has 0 radical (unpaired) electrons. The van der Waals surface area contributed by atoms with Gasteiger partial charge in [0.15, 0.2) is 12.3 Å². The van der Waals surface area contributed by atoms with Crippen LogP contribution in [0.15, 0.2) is 155 Å². The van der Waals surface area contributed by atoms with Gasteiger partial charge >= 0.3 is 19.5 Å². The number of benzene rings is 5. The van der Waals surface area contributed by atoms with E-state index in [1.54, 1.807) is 89.6 Å². The van der Waals surface area contributed by atoms with Crippen molar-refractivity contribution >= 4 is 13.8 Å². The van der Waals surface area contributed by atoms with Crippen molar-refractivity contribution in [3.8, 4) is 17.2 Å². The fourth-order valence-electron chi connectivity index (χ4n) is 7.42. The Bertz CT molecular complexity index is 2550. The predicted molar refractivity (Wildman–Crippen MR) is 234 cm³/mol. The first-order chi connectivity index (χ1) is 30.4. The second-order valence-corrected chi connectivity index (χ2v) is 16.4. The lowest BCUT2D eigenvalue weighted by Gasteiger charge is -2.36. The Morgan fingerprint density at radius 1 is 0.746 bits per heavy atom. The monoisotopic (exact) mass is 876 g/mol. The van der Waals surface area contributed by atoms with E-state index in [4.69, 9.17) is 37.3 Å². The van der Waals surface area contributed by atoms with Gasteiger partial charge in [-0.3, -0.25) is 23.4 Å². The van der Waals surface area contributed by atoms with Crippen LogP contribution in [0.4, 0.5) is 0 Å². The fourth-order valence-corrected chi connectivity index (χ4v) is 9.01. The molecule has 1 fully saturated rings. The van der Waals surface area contributed by atoms with Gasteiger partial charge in [-0.05, 0) is 91.1 Å². The van der Waals surface area contributed by atoms with Crippen molar-refractivity contribution in [2.24, 2.45) is 0 Å².